The highest BCUT2D eigenvalue weighted by atomic mass is 16.2. The zero-order valence-electron chi connectivity index (χ0n) is 18.4. The predicted octanol–water partition coefficient (Wildman–Crippen LogP) is 4.29. The molecule has 30 heavy (non-hydrogen) atoms. The van der Waals surface area contributed by atoms with Gasteiger partial charge in [0, 0.05) is 32.2 Å². The molecule has 2 aliphatic rings. The molecule has 2 fully saturated rings. The Hall–Kier alpha value is -2.44. The molecule has 0 spiro atoms. The molecule has 2 aromatic rings. The van der Waals surface area contributed by atoms with Crippen molar-refractivity contribution in [1.82, 2.24) is 14.5 Å². The van der Waals surface area contributed by atoms with Gasteiger partial charge in [-0.2, -0.15) is 0 Å². The van der Waals surface area contributed by atoms with Gasteiger partial charge in [0.05, 0.1) is 22.4 Å². The zero-order chi connectivity index (χ0) is 21.1. The van der Waals surface area contributed by atoms with Crippen molar-refractivity contribution in [2.45, 2.75) is 84.3 Å². The summed E-state index contributed by atoms with van der Waals surface area (Å²) < 4.78 is 3.63. The maximum absolute atomic E-state index is 12.8. The van der Waals surface area contributed by atoms with Crippen LogP contribution in [0, 0.1) is 0 Å². The fourth-order valence-corrected chi connectivity index (χ4v) is 5.05. The number of piperidine rings is 1. The van der Waals surface area contributed by atoms with Gasteiger partial charge in [-0.05, 0) is 58.1 Å². The van der Waals surface area contributed by atoms with Crippen LogP contribution >= 0.6 is 0 Å². The van der Waals surface area contributed by atoms with E-state index in [0.717, 1.165) is 61.2 Å². The molecule has 1 aromatic carbocycles. The third kappa shape index (κ3) is 4.07. The van der Waals surface area contributed by atoms with E-state index in [1.54, 1.807) is 4.57 Å². The number of anilines is 2. The van der Waals surface area contributed by atoms with E-state index in [0.29, 0.717) is 13.1 Å². The van der Waals surface area contributed by atoms with Gasteiger partial charge in [-0.15, -0.1) is 0 Å². The second-order valence-electron chi connectivity index (χ2n) is 8.61. The minimum Gasteiger partial charge on any atom is -0.370 e. The number of nitrogens with one attached hydrogen (secondary N) is 2. The lowest BCUT2D eigenvalue weighted by molar-refractivity contribution is 0.244. The molecule has 164 valence electrons. The summed E-state index contributed by atoms with van der Waals surface area (Å²) >= 11 is 0. The minimum absolute atomic E-state index is 0.0170. The molecule has 2 N–H and O–H groups in total. The molecule has 1 saturated carbocycles. The lowest BCUT2D eigenvalue weighted by Crippen LogP contribution is -2.39. The first-order valence-electron chi connectivity index (χ1n) is 11.7. The molecule has 1 aliphatic heterocycles. The Bertz CT molecular complexity index is 949. The number of nitrogens with zero attached hydrogens (tertiary/aromatic N) is 3. The van der Waals surface area contributed by atoms with Gasteiger partial charge in [-0.25, -0.2) is 9.59 Å². The van der Waals surface area contributed by atoms with Crippen molar-refractivity contribution in [2.24, 2.45) is 0 Å². The van der Waals surface area contributed by atoms with E-state index in [9.17, 15) is 9.59 Å². The normalized spacial score (nSPS) is 18.0. The third-order valence-electron chi connectivity index (χ3n) is 6.65. The Kier molecular flexibility index (Phi) is 6.35. The molecule has 7 nitrogen and oxygen atoms in total. The maximum Gasteiger partial charge on any atom is 0.329 e. The van der Waals surface area contributed by atoms with Crippen molar-refractivity contribution in [3.8, 4) is 0 Å². The number of amides is 2. The maximum atomic E-state index is 12.8. The van der Waals surface area contributed by atoms with Crippen molar-refractivity contribution >= 4 is 28.4 Å². The highest BCUT2D eigenvalue weighted by Crippen LogP contribution is 2.33. The van der Waals surface area contributed by atoms with Crippen molar-refractivity contribution in [1.29, 1.82) is 0 Å². The van der Waals surface area contributed by atoms with Gasteiger partial charge in [0.25, 0.3) is 0 Å². The van der Waals surface area contributed by atoms with Crippen LogP contribution in [0.1, 0.15) is 65.2 Å². The van der Waals surface area contributed by atoms with Crippen molar-refractivity contribution in [2.75, 3.05) is 23.3 Å². The van der Waals surface area contributed by atoms with Crippen LogP contribution in [0.2, 0.25) is 0 Å². The monoisotopic (exact) mass is 413 g/mol. The van der Waals surface area contributed by atoms with E-state index in [-0.39, 0.29) is 17.8 Å². The Labute approximate surface area is 178 Å². The summed E-state index contributed by atoms with van der Waals surface area (Å²) in [7, 11) is 0. The number of aryl methyl sites for hydroxylation is 2. The van der Waals surface area contributed by atoms with Gasteiger partial charge >= 0.3 is 11.7 Å². The summed E-state index contributed by atoms with van der Waals surface area (Å²) in [6, 6.07) is 4.22. The first-order valence-corrected chi connectivity index (χ1v) is 11.7. The Morgan fingerprint density at radius 2 is 1.53 bits per heavy atom. The largest absolute Gasteiger partial charge is 0.370 e. The summed E-state index contributed by atoms with van der Waals surface area (Å²) in [6.07, 6.45) is 9.30. The lowest BCUT2D eigenvalue weighted by atomic mass is 9.96. The number of carbonyl (C=O) groups excluding carboxylic acids is 1. The van der Waals surface area contributed by atoms with Gasteiger partial charge in [0.15, 0.2) is 0 Å². The second-order valence-corrected chi connectivity index (χ2v) is 8.61. The molecule has 2 heterocycles. The number of fused-ring (bicyclic) bond motifs is 1. The molecular weight excluding hydrogens is 378 g/mol. The summed E-state index contributed by atoms with van der Waals surface area (Å²) in [6.45, 7) is 7.20. The molecule has 4 rings (SSSR count). The van der Waals surface area contributed by atoms with Crippen LogP contribution in [0.15, 0.2) is 16.9 Å². The average Bonchev–Trinajstić information content (AvgIpc) is 3.03. The van der Waals surface area contributed by atoms with Crippen molar-refractivity contribution in [3.63, 3.8) is 0 Å². The zero-order valence-corrected chi connectivity index (χ0v) is 18.4. The van der Waals surface area contributed by atoms with E-state index < -0.39 is 0 Å². The summed E-state index contributed by atoms with van der Waals surface area (Å²) in [5, 5.41) is 6.29. The molecule has 0 unspecified atom stereocenters. The summed E-state index contributed by atoms with van der Waals surface area (Å²) in [4.78, 5) is 28.0. The molecule has 7 heteroatoms. The van der Waals surface area contributed by atoms with Gasteiger partial charge in [0.1, 0.15) is 0 Å². The van der Waals surface area contributed by atoms with Crippen LogP contribution in [0.25, 0.3) is 11.0 Å². The highest BCUT2D eigenvalue weighted by Gasteiger charge is 2.22. The number of carbonyl (C=O) groups is 1. The molecule has 0 radical (unpaired) electrons. The van der Waals surface area contributed by atoms with Crippen LogP contribution in [0.5, 0.6) is 0 Å². The van der Waals surface area contributed by atoms with Crippen LogP contribution in [0.3, 0.4) is 0 Å². The van der Waals surface area contributed by atoms with E-state index in [1.807, 2.05) is 24.5 Å². The first-order chi connectivity index (χ1) is 14.6. The Morgan fingerprint density at radius 1 is 0.933 bits per heavy atom. The second kappa shape index (κ2) is 9.14. The Balaban J connectivity index is 1.71. The fourth-order valence-electron chi connectivity index (χ4n) is 5.05. The van der Waals surface area contributed by atoms with E-state index in [1.165, 1.54) is 25.7 Å². The average molecular weight is 414 g/mol. The van der Waals surface area contributed by atoms with Crippen LogP contribution in [-0.2, 0) is 13.1 Å². The predicted molar refractivity (Wildman–Crippen MR) is 123 cm³/mol. The van der Waals surface area contributed by atoms with Gasteiger partial charge in [-0.3, -0.25) is 9.13 Å². The number of hydrogen-bond acceptors (Lipinski definition) is 3. The standard InChI is InChI=1S/C23H35N5O2/c1-3-27-20-15-18(25-22(29)24-17-11-7-5-8-12-17)19(26-13-9-6-10-14-26)16-21(20)28(4-2)23(27)30/h15-17H,3-14H2,1-2H3,(H2,24,25,29). The van der Waals surface area contributed by atoms with Gasteiger partial charge in [-0.1, -0.05) is 19.3 Å². The van der Waals surface area contributed by atoms with Gasteiger partial charge in [0.2, 0.25) is 0 Å². The van der Waals surface area contributed by atoms with Crippen LogP contribution in [0.4, 0.5) is 16.2 Å². The van der Waals surface area contributed by atoms with E-state index in [4.69, 9.17) is 0 Å². The molecule has 0 bridgehead atoms. The van der Waals surface area contributed by atoms with E-state index >= 15 is 0 Å². The summed E-state index contributed by atoms with van der Waals surface area (Å²) in [5.74, 6) is 0. The number of hydrogen-bond donors (Lipinski definition) is 2. The minimum atomic E-state index is -0.139. The Morgan fingerprint density at radius 3 is 2.17 bits per heavy atom. The van der Waals surface area contributed by atoms with Crippen LogP contribution < -0.4 is 21.2 Å². The highest BCUT2D eigenvalue weighted by molar-refractivity contribution is 5.98. The molecule has 1 aliphatic carbocycles. The number of benzene rings is 1. The third-order valence-corrected chi connectivity index (χ3v) is 6.65. The topological polar surface area (TPSA) is 71.3 Å². The van der Waals surface area contributed by atoms with Gasteiger partial charge < -0.3 is 15.5 Å². The number of aromatic nitrogens is 2. The SMILES string of the molecule is CCn1c(=O)n(CC)c2cc(N3CCCCC3)c(NC(=O)NC3CCCCC3)cc21. The number of imidazole rings is 1. The number of rotatable bonds is 5. The smallest absolute Gasteiger partial charge is 0.329 e. The van der Waals surface area contributed by atoms with Crippen LogP contribution in [-0.4, -0.2) is 34.3 Å². The number of urea groups is 1. The summed E-state index contributed by atoms with van der Waals surface area (Å²) in [5.41, 5.74) is 3.68. The molecular formula is C23H35N5O2. The lowest BCUT2D eigenvalue weighted by Gasteiger charge is -2.31. The first kappa shape index (κ1) is 20.8. The van der Waals surface area contributed by atoms with E-state index in [2.05, 4.69) is 21.6 Å². The molecule has 0 atom stereocenters. The molecule has 1 saturated heterocycles. The van der Waals surface area contributed by atoms with Crippen molar-refractivity contribution < 1.29 is 4.79 Å². The quantitative estimate of drug-likeness (QED) is 0.768. The molecule has 2 amide bonds. The molecule has 1 aromatic heterocycles. The van der Waals surface area contributed by atoms with Crippen molar-refractivity contribution in [3.05, 3.63) is 22.6 Å². The fraction of sp³-hybridized carbons (Fsp3) is 0.652.